The van der Waals surface area contributed by atoms with Crippen molar-refractivity contribution in [2.24, 2.45) is 0 Å². The van der Waals surface area contributed by atoms with Crippen molar-refractivity contribution in [3.8, 4) is 63.2 Å². The molecule has 0 fully saturated rings. The van der Waals surface area contributed by atoms with Crippen LogP contribution < -0.4 is 52.1 Å². The lowest BCUT2D eigenvalue weighted by Crippen LogP contribution is -2.21. The molecular weight excluding hydrogens is 1190 g/mol. The normalized spacial score (nSPS) is 11.7. The molecule has 0 aliphatic rings. The molecule has 0 amide bonds. The molecule has 0 bridgehead atoms. The van der Waals surface area contributed by atoms with Gasteiger partial charge < -0.3 is 42.6 Å². The van der Waals surface area contributed by atoms with Crippen LogP contribution in [-0.2, 0) is 20.0 Å². The van der Waals surface area contributed by atoms with E-state index < -0.39 is 54.1 Å². The van der Waals surface area contributed by atoms with E-state index in [1.165, 1.54) is 96.3 Å². The fourth-order valence-corrected chi connectivity index (χ4v) is 9.97. The van der Waals surface area contributed by atoms with Crippen molar-refractivity contribution in [2.75, 3.05) is 45.0 Å². The lowest BCUT2D eigenvalue weighted by atomic mass is 10.1. The van der Waals surface area contributed by atoms with Crippen molar-refractivity contribution in [3.05, 3.63) is 137 Å². The van der Waals surface area contributed by atoms with E-state index in [2.05, 4.69) is 60.7 Å². The second-order valence-corrected chi connectivity index (χ2v) is 20.3. The first-order valence-corrected chi connectivity index (χ1v) is 25.8. The minimum Gasteiger partial charge on any atom is -0.493 e. The molecule has 400 valence electrons. The van der Waals surface area contributed by atoms with E-state index in [0.29, 0.717) is 62.1 Å². The largest absolute Gasteiger partial charge is 0.573 e. The number of hydrogen-bond donors (Lipinski definition) is 2. The Labute approximate surface area is 445 Å². The zero-order valence-electron chi connectivity index (χ0n) is 39.7. The summed E-state index contributed by atoms with van der Waals surface area (Å²) in [6.45, 7) is 0. The number of anilines is 2. The molecule has 0 atom stereocenters. The fourth-order valence-electron chi connectivity index (χ4n) is 6.96. The number of nitrogens with zero attached hydrogens (tertiary/aromatic N) is 2. The average molecular weight is 1230 g/mol. The van der Waals surface area contributed by atoms with Gasteiger partial charge in [-0.3, -0.25) is 19.4 Å². The molecule has 0 saturated heterocycles. The minimum absolute atomic E-state index is 0.00562. The maximum absolute atomic E-state index is 13.0. The molecule has 0 aliphatic carbocycles. The second-order valence-electron chi connectivity index (χ2n) is 15.1. The van der Waals surface area contributed by atoms with E-state index in [1.54, 1.807) is 42.6 Å². The Morgan fingerprint density at radius 1 is 0.421 bits per heavy atom. The Balaban J connectivity index is 0.000000221. The van der Waals surface area contributed by atoms with Crippen LogP contribution >= 0.6 is 31.9 Å². The zero-order chi connectivity index (χ0) is 55.2. The number of nitrogens with one attached hydrogen (secondary N) is 2. The Kier molecular flexibility index (Phi) is 17.1. The van der Waals surface area contributed by atoms with Crippen LogP contribution in [0.5, 0.6) is 63.2 Å². The van der Waals surface area contributed by atoms with E-state index in [-0.39, 0.29) is 31.8 Å². The monoisotopic (exact) mass is 1230 g/mol. The maximum Gasteiger partial charge on any atom is 0.573 e. The summed E-state index contributed by atoms with van der Waals surface area (Å²) in [5, 5.41) is 1.26. The van der Waals surface area contributed by atoms with Crippen molar-refractivity contribution >= 4 is 85.1 Å². The number of fused-ring (bicyclic) bond motifs is 2. The first-order chi connectivity index (χ1) is 35.9. The van der Waals surface area contributed by atoms with E-state index in [1.807, 2.05) is 0 Å². The van der Waals surface area contributed by atoms with E-state index >= 15 is 0 Å². The van der Waals surface area contributed by atoms with Crippen molar-refractivity contribution < 1.29 is 85.8 Å². The number of aromatic nitrogens is 2. The van der Waals surface area contributed by atoms with E-state index in [0.717, 1.165) is 24.3 Å². The molecule has 8 rings (SSSR count). The number of hydrogen-bond acceptors (Lipinski definition) is 15. The number of halogens is 8. The number of benzene rings is 6. The molecule has 2 heterocycles. The number of methoxy groups -OCH3 is 5. The van der Waals surface area contributed by atoms with Crippen LogP contribution in [0.4, 0.5) is 37.7 Å². The summed E-state index contributed by atoms with van der Waals surface area (Å²) < 4.78 is 180. The summed E-state index contributed by atoms with van der Waals surface area (Å²) in [5.41, 5.74) is 1.27. The summed E-state index contributed by atoms with van der Waals surface area (Å²) in [4.78, 5) is 7.24. The molecule has 17 nitrogen and oxygen atoms in total. The smallest absolute Gasteiger partial charge is 0.493 e. The highest BCUT2D eigenvalue weighted by molar-refractivity contribution is 9.10. The average Bonchev–Trinajstić information content (AvgIpc) is 3.36. The molecule has 76 heavy (non-hydrogen) atoms. The summed E-state index contributed by atoms with van der Waals surface area (Å²) in [6, 6.07) is 26.4. The molecule has 0 aliphatic heterocycles. The topological polar surface area (TPSA) is 201 Å². The molecule has 6 aromatic carbocycles. The number of rotatable bonds is 17. The Hall–Kier alpha value is -7.62. The van der Waals surface area contributed by atoms with Crippen LogP contribution in [-0.4, -0.2) is 75.1 Å². The van der Waals surface area contributed by atoms with Gasteiger partial charge in [-0.2, -0.15) is 0 Å². The van der Waals surface area contributed by atoms with Crippen LogP contribution in [0.25, 0.3) is 21.8 Å². The van der Waals surface area contributed by atoms with Gasteiger partial charge in [-0.1, -0.05) is 31.9 Å². The fraction of sp³-hybridized carbons (Fsp3) is 0.143. The standard InChI is InChI=1S/C25H20BrF3N2O7S.C24H18BrF3N2O6S/c1-34-20-11-15(31-39(32,33)24-7-4-14(26)10-23(24)38-25(27,28)29)5-6-19(20)37-18-8-9-30-17-13-22(36-3)21(35-2)12-16(17)18;1-33-20-12-17-18(13-21(20)34-2)29-10-9-19(17)35-16-6-4-15(5-7-16)30-37(31,32)23-8-3-14(25)11-22(23)36-24(26,27)28/h4-13,31H,1-3H3;3-13,30H,1-2H3. The predicted octanol–water partition coefficient (Wildman–Crippen LogP) is 13.0. The van der Waals surface area contributed by atoms with Crippen LogP contribution in [0.3, 0.4) is 0 Å². The zero-order valence-corrected chi connectivity index (χ0v) is 44.5. The Morgan fingerprint density at radius 3 is 1.25 bits per heavy atom. The Morgan fingerprint density at radius 2 is 0.816 bits per heavy atom. The SMILES string of the molecule is COc1cc2nccc(Oc3ccc(NS(=O)(=O)c4ccc(Br)cc4OC(F)(F)F)cc3)c2cc1OC.COc1cc2nccc(Oc3ccc(NS(=O)(=O)c4ccc(Br)cc4OC(F)(F)F)cc3OC)c2cc1OC. The van der Waals surface area contributed by atoms with Gasteiger partial charge in [-0.15, -0.1) is 26.3 Å². The van der Waals surface area contributed by atoms with Gasteiger partial charge in [0.05, 0.1) is 52.3 Å². The molecule has 8 aromatic rings. The molecular formula is C49H38Br2F6N4O13S2. The highest BCUT2D eigenvalue weighted by atomic mass is 79.9. The lowest BCUT2D eigenvalue weighted by Gasteiger charge is -2.17. The van der Waals surface area contributed by atoms with Gasteiger partial charge in [0.1, 0.15) is 27.0 Å². The van der Waals surface area contributed by atoms with Crippen molar-refractivity contribution in [3.63, 3.8) is 0 Å². The van der Waals surface area contributed by atoms with Gasteiger partial charge in [-0.25, -0.2) is 16.8 Å². The molecule has 0 spiro atoms. The number of sulfonamides is 2. The first kappa shape index (κ1) is 56.1. The van der Waals surface area contributed by atoms with Crippen molar-refractivity contribution in [1.82, 2.24) is 9.97 Å². The maximum atomic E-state index is 13.0. The number of ether oxygens (including phenoxy) is 9. The van der Waals surface area contributed by atoms with Gasteiger partial charge in [0, 0.05) is 56.0 Å². The van der Waals surface area contributed by atoms with Gasteiger partial charge in [0.2, 0.25) is 0 Å². The molecule has 27 heteroatoms. The summed E-state index contributed by atoms with van der Waals surface area (Å²) in [7, 11) is -1.54. The summed E-state index contributed by atoms with van der Waals surface area (Å²) in [6.07, 6.45) is -7.07. The van der Waals surface area contributed by atoms with Crippen LogP contribution in [0.1, 0.15) is 0 Å². The van der Waals surface area contributed by atoms with Crippen molar-refractivity contribution in [1.29, 1.82) is 0 Å². The third kappa shape index (κ3) is 13.8. The van der Waals surface area contributed by atoms with E-state index in [9.17, 15) is 43.2 Å². The third-order valence-electron chi connectivity index (χ3n) is 10.2. The van der Waals surface area contributed by atoms with Gasteiger partial charge in [0.15, 0.2) is 46.0 Å². The minimum atomic E-state index is -5.10. The quantitative estimate of drug-likeness (QED) is 0.0815. The Bertz CT molecular complexity index is 3660. The molecule has 0 saturated carbocycles. The number of alkyl halides is 6. The van der Waals surface area contributed by atoms with Gasteiger partial charge in [0.25, 0.3) is 20.0 Å². The van der Waals surface area contributed by atoms with Gasteiger partial charge >= 0.3 is 12.7 Å². The lowest BCUT2D eigenvalue weighted by molar-refractivity contribution is -0.276. The third-order valence-corrected chi connectivity index (χ3v) is 14.1. The van der Waals surface area contributed by atoms with Crippen molar-refractivity contribution in [2.45, 2.75) is 22.5 Å². The summed E-state index contributed by atoms with van der Waals surface area (Å²) >= 11 is 6.02. The summed E-state index contributed by atoms with van der Waals surface area (Å²) in [5.74, 6) is 1.77. The molecule has 2 aromatic heterocycles. The second kappa shape index (κ2) is 23.1. The molecule has 0 radical (unpaired) electrons. The van der Waals surface area contributed by atoms with Crippen LogP contribution in [0.2, 0.25) is 0 Å². The molecule has 2 N–H and O–H groups in total. The van der Waals surface area contributed by atoms with Crippen LogP contribution in [0.15, 0.2) is 146 Å². The predicted molar refractivity (Wildman–Crippen MR) is 273 cm³/mol. The number of pyridine rings is 2. The van der Waals surface area contributed by atoms with Gasteiger partial charge in [-0.05, 0) is 97.1 Å². The van der Waals surface area contributed by atoms with Crippen LogP contribution in [0, 0.1) is 0 Å². The highest BCUT2D eigenvalue weighted by Crippen LogP contribution is 2.42. The van der Waals surface area contributed by atoms with E-state index in [4.69, 9.17) is 33.2 Å². The first-order valence-electron chi connectivity index (χ1n) is 21.2. The highest BCUT2D eigenvalue weighted by Gasteiger charge is 2.36. The molecule has 0 unspecified atom stereocenters.